The van der Waals surface area contributed by atoms with Crippen LogP contribution in [0.4, 0.5) is 0 Å². The van der Waals surface area contributed by atoms with E-state index < -0.39 is 0 Å². The highest BCUT2D eigenvalue weighted by molar-refractivity contribution is 7.12. The predicted molar refractivity (Wildman–Crippen MR) is 112 cm³/mol. The Morgan fingerprint density at radius 1 is 1.04 bits per heavy atom. The average molecular weight is 397 g/mol. The van der Waals surface area contributed by atoms with Crippen LogP contribution in [-0.4, -0.2) is 40.7 Å². The fourth-order valence-electron chi connectivity index (χ4n) is 4.06. The number of rotatable bonds is 6. The molecule has 0 spiro atoms. The topological polar surface area (TPSA) is 40.6 Å². The van der Waals surface area contributed by atoms with Gasteiger partial charge in [0.1, 0.15) is 0 Å². The molecule has 0 N–H and O–H groups in total. The van der Waals surface area contributed by atoms with Crippen molar-refractivity contribution in [2.24, 2.45) is 5.92 Å². The van der Waals surface area contributed by atoms with Crippen LogP contribution < -0.4 is 0 Å². The summed E-state index contributed by atoms with van der Waals surface area (Å²) in [6, 6.07) is 13.1. The van der Waals surface area contributed by atoms with Crippen LogP contribution >= 0.6 is 11.3 Å². The first kappa shape index (κ1) is 19.2. The van der Waals surface area contributed by atoms with Crippen LogP contribution in [0.2, 0.25) is 0 Å². The number of thiophene rings is 1. The van der Waals surface area contributed by atoms with E-state index in [0.717, 1.165) is 50.1 Å². The van der Waals surface area contributed by atoms with E-state index >= 15 is 0 Å². The van der Waals surface area contributed by atoms with E-state index in [1.54, 1.807) is 6.92 Å². The lowest BCUT2D eigenvalue weighted by atomic mass is 9.90. The maximum Gasteiger partial charge on any atom is 0.264 e. The smallest absolute Gasteiger partial charge is 0.264 e. The molecule has 2 fully saturated rings. The van der Waals surface area contributed by atoms with E-state index in [0.29, 0.717) is 18.5 Å². The number of hydrogen-bond donors (Lipinski definition) is 0. The molecule has 1 aliphatic carbocycles. The molecule has 2 aromatic rings. The maximum absolute atomic E-state index is 12.8. The molecule has 0 radical (unpaired) electrons. The molecule has 1 aliphatic heterocycles. The molecule has 1 saturated carbocycles. The average Bonchev–Trinajstić information content (AvgIpc) is 3.40. The molecule has 2 amide bonds. The number of amides is 2. The van der Waals surface area contributed by atoms with Gasteiger partial charge >= 0.3 is 0 Å². The number of piperidine rings is 1. The summed E-state index contributed by atoms with van der Waals surface area (Å²) in [5.74, 6) is 1.02. The minimum absolute atomic E-state index is 0.166. The maximum atomic E-state index is 12.8. The van der Waals surface area contributed by atoms with Crippen LogP contribution in [0.1, 0.15) is 53.4 Å². The molecule has 4 rings (SSSR count). The van der Waals surface area contributed by atoms with Crippen LogP contribution in [0, 0.1) is 5.92 Å². The number of nitrogens with zero attached hydrogens (tertiary/aromatic N) is 2. The van der Waals surface area contributed by atoms with Crippen molar-refractivity contribution in [3.63, 3.8) is 0 Å². The van der Waals surface area contributed by atoms with E-state index in [1.165, 1.54) is 22.5 Å². The lowest BCUT2D eigenvalue weighted by molar-refractivity contribution is -0.130. The van der Waals surface area contributed by atoms with Gasteiger partial charge in [-0.15, -0.1) is 11.3 Å². The van der Waals surface area contributed by atoms with Gasteiger partial charge in [-0.25, -0.2) is 0 Å². The summed E-state index contributed by atoms with van der Waals surface area (Å²) < 4.78 is 0. The van der Waals surface area contributed by atoms with Gasteiger partial charge in [-0.05, 0) is 60.6 Å². The van der Waals surface area contributed by atoms with Crippen LogP contribution in [-0.2, 0) is 17.8 Å². The molecule has 1 aromatic carbocycles. The highest BCUT2D eigenvalue weighted by atomic mass is 32.1. The van der Waals surface area contributed by atoms with E-state index in [1.807, 2.05) is 27.3 Å². The van der Waals surface area contributed by atoms with Crippen molar-refractivity contribution < 1.29 is 9.59 Å². The summed E-state index contributed by atoms with van der Waals surface area (Å²) in [4.78, 5) is 29.1. The third kappa shape index (κ3) is 4.64. The molecule has 1 saturated heterocycles. The van der Waals surface area contributed by atoms with Gasteiger partial charge in [0.05, 0.1) is 4.88 Å². The Labute approximate surface area is 171 Å². The monoisotopic (exact) mass is 396 g/mol. The fraction of sp³-hybridized carbons (Fsp3) is 0.478. The number of likely N-dealkylation sites (tertiary alicyclic amines) is 1. The number of carbonyl (C=O) groups excluding carboxylic acids is 2. The van der Waals surface area contributed by atoms with Crippen molar-refractivity contribution in [2.75, 3.05) is 13.1 Å². The molecule has 0 bridgehead atoms. The first-order valence-electron chi connectivity index (χ1n) is 10.3. The Hall–Kier alpha value is -2.14. The van der Waals surface area contributed by atoms with Crippen LogP contribution in [0.25, 0.3) is 0 Å². The molecule has 4 nitrogen and oxygen atoms in total. The van der Waals surface area contributed by atoms with Crippen LogP contribution in [0.15, 0.2) is 41.8 Å². The van der Waals surface area contributed by atoms with Gasteiger partial charge in [0.15, 0.2) is 0 Å². The zero-order chi connectivity index (χ0) is 19.5. The number of hydrogen-bond acceptors (Lipinski definition) is 3. The molecule has 0 unspecified atom stereocenters. The van der Waals surface area contributed by atoms with Crippen molar-refractivity contribution in [3.8, 4) is 0 Å². The second-order valence-corrected chi connectivity index (χ2v) is 9.06. The summed E-state index contributed by atoms with van der Waals surface area (Å²) in [6.45, 7) is 4.13. The molecule has 0 atom stereocenters. The standard InChI is InChI=1S/C23H28N2O2S/c1-17(26)24-12-10-19(11-13-24)15-18-4-6-20(7-5-18)16-25(21-8-9-21)23(27)22-3-2-14-28-22/h2-7,14,19,21H,8-13,15-16H2,1H3. The third-order valence-electron chi connectivity index (χ3n) is 5.94. The molecule has 5 heteroatoms. The van der Waals surface area contributed by atoms with Gasteiger partial charge in [-0.3, -0.25) is 9.59 Å². The van der Waals surface area contributed by atoms with Gasteiger partial charge in [0.2, 0.25) is 5.91 Å². The minimum Gasteiger partial charge on any atom is -0.343 e. The molecule has 2 heterocycles. The largest absolute Gasteiger partial charge is 0.343 e. The third-order valence-corrected chi connectivity index (χ3v) is 6.80. The number of benzene rings is 1. The van der Waals surface area contributed by atoms with Crippen molar-refractivity contribution in [1.82, 2.24) is 9.80 Å². The zero-order valence-corrected chi connectivity index (χ0v) is 17.3. The molecule has 2 aliphatic rings. The SMILES string of the molecule is CC(=O)N1CCC(Cc2ccc(CN(C(=O)c3cccs3)C3CC3)cc2)CC1. The normalized spacial score (nSPS) is 17.5. The summed E-state index contributed by atoms with van der Waals surface area (Å²) in [5, 5.41) is 1.97. The summed E-state index contributed by atoms with van der Waals surface area (Å²) >= 11 is 1.52. The fourth-order valence-corrected chi connectivity index (χ4v) is 4.74. The minimum atomic E-state index is 0.166. The van der Waals surface area contributed by atoms with Crippen LogP contribution in [0.3, 0.4) is 0 Å². The lowest BCUT2D eigenvalue weighted by Crippen LogP contribution is -2.37. The Morgan fingerprint density at radius 2 is 1.71 bits per heavy atom. The van der Waals surface area contributed by atoms with Crippen molar-refractivity contribution in [3.05, 3.63) is 57.8 Å². The Morgan fingerprint density at radius 3 is 2.29 bits per heavy atom. The van der Waals surface area contributed by atoms with E-state index in [2.05, 4.69) is 24.3 Å². The Bertz CT molecular complexity index is 804. The highest BCUT2D eigenvalue weighted by Gasteiger charge is 2.33. The van der Waals surface area contributed by atoms with Gasteiger partial charge in [0.25, 0.3) is 5.91 Å². The number of carbonyl (C=O) groups is 2. The first-order chi connectivity index (χ1) is 13.6. The van der Waals surface area contributed by atoms with Crippen molar-refractivity contribution in [2.45, 2.75) is 51.6 Å². The van der Waals surface area contributed by atoms with Crippen LogP contribution in [0.5, 0.6) is 0 Å². The highest BCUT2D eigenvalue weighted by Crippen LogP contribution is 2.31. The Balaban J connectivity index is 1.34. The summed E-state index contributed by atoms with van der Waals surface area (Å²) in [5.41, 5.74) is 2.56. The van der Waals surface area contributed by atoms with Gasteiger partial charge < -0.3 is 9.80 Å². The summed E-state index contributed by atoms with van der Waals surface area (Å²) in [7, 11) is 0. The van der Waals surface area contributed by atoms with Crippen molar-refractivity contribution in [1.29, 1.82) is 0 Å². The zero-order valence-electron chi connectivity index (χ0n) is 16.5. The van der Waals surface area contributed by atoms with E-state index in [-0.39, 0.29) is 11.8 Å². The summed E-state index contributed by atoms with van der Waals surface area (Å²) in [6.07, 6.45) is 5.49. The van der Waals surface area contributed by atoms with Gasteiger partial charge in [-0.1, -0.05) is 30.3 Å². The molecular formula is C23H28N2O2S. The molecule has 148 valence electrons. The second kappa shape index (κ2) is 8.48. The predicted octanol–water partition coefficient (Wildman–Crippen LogP) is 4.35. The van der Waals surface area contributed by atoms with E-state index in [9.17, 15) is 9.59 Å². The lowest BCUT2D eigenvalue weighted by Gasteiger charge is -2.31. The molecule has 1 aromatic heterocycles. The van der Waals surface area contributed by atoms with E-state index in [4.69, 9.17) is 0 Å². The molecular weight excluding hydrogens is 368 g/mol. The van der Waals surface area contributed by atoms with Gasteiger partial charge in [-0.2, -0.15) is 0 Å². The first-order valence-corrected chi connectivity index (χ1v) is 11.2. The Kier molecular flexibility index (Phi) is 5.81. The van der Waals surface area contributed by atoms with Crippen molar-refractivity contribution >= 4 is 23.2 Å². The second-order valence-electron chi connectivity index (χ2n) is 8.11. The quantitative estimate of drug-likeness (QED) is 0.728. The van der Waals surface area contributed by atoms with Gasteiger partial charge in [0, 0.05) is 32.6 Å². The molecule has 28 heavy (non-hydrogen) atoms.